The number of aryl methyl sites for hydroxylation is 3. The lowest BCUT2D eigenvalue weighted by molar-refractivity contribution is 0.688. The predicted molar refractivity (Wildman–Crippen MR) is 85.1 cm³/mol. The quantitative estimate of drug-likeness (QED) is 0.866. The van der Waals surface area contributed by atoms with Crippen molar-refractivity contribution < 1.29 is 0 Å². The van der Waals surface area contributed by atoms with Gasteiger partial charge in [0.1, 0.15) is 0 Å². The molecule has 0 unspecified atom stereocenters. The number of benzene rings is 1. The molecule has 0 radical (unpaired) electrons. The second-order valence-corrected chi connectivity index (χ2v) is 6.44. The molecule has 3 heteroatoms. The van der Waals surface area contributed by atoms with Crippen molar-refractivity contribution in [3.8, 4) is 11.3 Å². The van der Waals surface area contributed by atoms with Gasteiger partial charge in [-0.05, 0) is 37.8 Å². The Balaban J connectivity index is 2.28. The number of hydrogen-bond donors (Lipinski definition) is 1. The Hall–Kier alpha value is -1.35. The molecule has 0 saturated carbocycles. The number of thiazole rings is 1. The fourth-order valence-corrected chi connectivity index (χ4v) is 3.06. The molecular formula is C16H22N2S. The van der Waals surface area contributed by atoms with E-state index in [2.05, 4.69) is 57.4 Å². The lowest BCUT2D eigenvalue weighted by Gasteiger charge is -2.09. The van der Waals surface area contributed by atoms with Crippen LogP contribution < -0.4 is 5.32 Å². The average molecular weight is 274 g/mol. The molecule has 2 rings (SSSR count). The number of anilines is 1. The van der Waals surface area contributed by atoms with Gasteiger partial charge in [-0.3, -0.25) is 0 Å². The van der Waals surface area contributed by atoms with E-state index in [0.717, 1.165) is 17.4 Å². The van der Waals surface area contributed by atoms with Crippen LogP contribution in [0.15, 0.2) is 17.5 Å². The van der Waals surface area contributed by atoms with E-state index in [1.165, 1.54) is 22.3 Å². The molecule has 1 N–H and O–H groups in total. The van der Waals surface area contributed by atoms with Crippen molar-refractivity contribution in [2.75, 3.05) is 11.9 Å². The van der Waals surface area contributed by atoms with Crippen LogP contribution in [0.2, 0.25) is 0 Å². The van der Waals surface area contributed by atoms with Gasteiger partial charge in [-0.2, -0.15) is 0 Å². The van der Waals surface area contributed by atoms with Gasteiger partial charge in [0, 0.05) is 17.5 Å². The van der Waals surface area contributed by atoms with Crippen LogP contribution in [0, 0.1) is 26.7 Å². The number of nitrogens with zero attached hydrogens (tertiary/aromatic N) is 1. The summed E-state index contributed by atoms with van der Waals surface area (Å²) in [7, 11) is 0. The summed E-state index contributed by atoms with van der Waals surface area (Å²) in [5.41, 5.74) is 6.29. The highest BCUT2D eigenvalue weighted by Crippen LogP contribution is 2.31. The summed E-state index contributed by atoms with van der Waals surface area (Å²) in [5, 5.41) is 6.55. The van der Waals surface area contributed by atoms with Crippen LogP contribution in [0.3, 0.4) is 0 Å². The molecule has 2 aromatic rings. The first-order valence-corrected chi connectivity index (χ1v) is 7.63. The molecule has 1 aromatic heterocycles. The van der Waals surface area contributed by atoms with E-state index in [1.54, 1.807) is 11.3 Å². The number of hydrogen-bond acceptors (Lipinski definition) is 3. The zero-order valence-electron chi connectivity index (χ0n) is 12.4. The monoisotopic (exact) mass is 274 g/mol. The Morgan fingerprint density at radius 2 is 1.79 bits per heavy atom. The Morgan fingerprint density at radius 3 is 2.37 bits per heavy atom. The highest BCUT2D eigenvalue weighted by molar-refractivity contribution is 7.14. The summed E-state index contributed by atoms with van der Waals surface area (Å²) < 4.78 is 0. The first kappa shape index (κ1) is 14.1. The van der Waals surface area contributed by atoms with Crippen LogP contribution in [-0.2, 0) is 0 Å². The average Bonchev–Trinajstić information content (AvgIpc) is 2.73. The Kier molecular flexibility index (Phi) is 4.25. The number of rotatable bonds is 4. The van der Waals surface area contributed by atoms with Gasteiger partial charge >= 0.3 is 0 Å². The van der Waals surface area contributed by atoms with Gasteiger partial charge in [0.25, 0.3) is 0 Å². The third-order valence-corrected chi connectivity index (χ3v) is 3.90. The molecule has 0 fully saturated rings. The molecule has 0 bridgehead atoms. The zero-order valence-corrected chi connectivity index (χ0v) is 13.2. The fourth-order valence-electron chi connectivity index (χ4n) is 2.35. The highest BCUT2D eigenvalue weighted by Gasteiger charge is 2.10. The van der Waals surface area contributed by atoms with Crippen LogP contribution in [-0.4, -0.2) is 11.5 Å². The van der Waals surface area contributed by atoms with Crippen LogP contribution in [0.4, 0.5) is 5.13 Å². The summed E-state index contributed by atoms with van der Waals surface area (Å²) in [5.74, 6) is 0.634. The summed E-state index contributed by atoms with van der Waals surface area (Å²) in [4.78, 5) is 4.71. The second kappa shape index (κ2) is 5.74. The van der Waals surface area contributed by atoms with Gasteiger partial charge in [-0.1, -0.05) is 31.5 Å². The van der Waals surface area contributed by atoms with Gasteiger partial charge in [0.05, 0.1) is 5.69 Å². The SMILES string of the molecule is Cc1cc(C)c(-c2csc(NCC(C)C)n2)c(C)c1. The third-order valence-electron chi connectivity index (χ3n) is 3.10. The smallest absolute Gasteiger partial charge is 0.183 e. The van der Waals surface area contributed by atoms with Crippen molar-refractivity contribution >= 4 is 16.5 Å². The van der Waals surface area contributed by atoms with E-state index in [4.69, 9.17) is 4.98 Å². The molecule has 0 spiro atoms. The lowest BCUT2D eigenvalue weighted by atomic mass is 9.98. The largest absolute Gasteiger partial charge is 0.361 e. The summed E-state index contributed by atoms with van der Waals surface area (Å²) in [6.45, 7) is 11.8. The van der Waals surface area contributed by atoms with Crippen molar-refractivity contribution in [3.05, 3.63) is 34.2 Å². The maximum absolute atomic E-state index is 4.71. The molecular weight excluding hydrogens is 252 g/mol. The standard InChI is InChI=1S/C16H22N2S/c1-10(2)8-17-16-18-14(9-19-16)15-12(4)6-11(3)7-13(15)5/h6-7,9-10H,8H2,1-5H3,(H,17,18). The lowest BCUT2D eigenvalue weighted by Crippen LogP contribution is -2.07. The predicted octanol–water partition coefficient (Wildman–Crippen LogP) is 4.80. The first-order chi connectivity index (χ1) is 8.97. The van der Waals surface area contributed by atoms with Crippen molar-refractivity contribution in [1.29, 1.82) is 0 Å². The third kappa shape index (κ3) is 3.35. The highest BCUT2D eigenvalue weighted by atomic mass is 32.1. The fraction of sp³-hybridized carbons (Fsp3) is 0.438. The van der Waals surface area contributed by atoms with E-state index in [1.807, 2.05) is 0 Å². The van der Waals surface area contributed by atoms with Gasteiger partial charge in [-0.15, -0.1) is 11.3 Å². The van der Waals surface area contributed by atoms with Crippen molar-refractivity contribution in [3.63, 3.8) is 0 Å². The molecule has 1 aromatic carbocycles. The van der Waals surface area contributed by atoms with Gasteiger partial charge < -0.3 is 5.32 Å². The molecule has 0 aliphatic carbocycles. The van der Waals surface area contributed by atoms with Crippen molar-refractivity contribution in [2.45, 2.75) is 34.6 Å². The molecule has 0 atom stereocenters. The Morgan fingerprint density at radius 1 is 1.16 bits per heavy atom. The molecule has 0 aliphatic rings. The van der Waals surface area contributed by atoms with Crippen LogP contribution >= 0.6 is 11.3 Å². The molecule has 1 heterocycles. The minimum atomic E-state index is 0.634. The molecule has 0 aliphatic heterocycles. The minimum Gasteiger partial charge on any atom is -0.361 e. The van der Waals surface area contributed by atoms with Crippen molar-refractivity contribution in [2.24, 2.45) is 5.92 Å². The van der Waals surface area contributed by atoms with E-state index < -0.39 is 0 Å². The molecule has 102 valence electrons. The van der Waals surface area contributed by atoms with Gasteiger partial charge in [-0.25, -0.2) is 4.98 Å². The normalized spacial score (nSPS) is 11.1. The van der Waals surface area contributed by atoms with Crippen LogP contribution in [0.1, 0.15) is 30.5 Å². The van der Waals surface area contributed by atoms with E-state index in [0.29, 0.717) is 5.92 Å². The minimum absolute atomic E-state index is 0.634. The maximum Gasteiger partial charge on any atom is 0.183 e. The Labute approximate surface area is 119 Å². The second-order valence-electron chi connectivity index (χ2n) is 5.59. The van der Waals surface area contributed by atoms with Crippen LogP contribution in [0.25, 0.3) is 11.3 Å². The topological polar surface area (TPSA) is 24.9 Å². The summed E-state index contributed by atoms with van der Waals surface area (Å²) in [6, 6.07) is 4.45. The molecule has 0 amide bonds. The van der Waals surface area contributed by atoms with Gasteiger partial charge in [0.2, 0.25) is 0 Å². The summed E-state index contributed by atoms with van der Waals surface area (Å²) in [6.07, 6.45) is 0. The molecule has 19 heavy (non-hydrogen) atoms. The Bertz CT molecular complexity index is 547. The molecule has 2 nitrogen and oxygen atoms in total. The zero-order chi connectivity index (χ0) is 14.0. The van der Waals surface area contributed by atoms with Gasteiger partial charge in [0.15, 0.2) is 5.13 Å². The first-order valence-electron chi connectivity index (χ1n) is 6.75. The van der Waals surface area contributed by atoms with E-state index >= 15 is 0 Å². The van der Waals surface area contributed by atoms with Crippen LogP contribution in [0.5, 0.6) is 0 Å². The molecule has 0 saturated heterocycles. The summed E-state index contributed by atoms with van der Waals surface area (Å²) >= 11 is 1.69. The van der Waals surface area contributed by atoms with Crippen molar-refractivity contribution in [1.82, 2.24) is 4.98 Å². The maximum atomic E-state index is 4.71. The van der Waals surface area contributed by atoms with E-state index in [9.17, 15) is 0 Å². The number of nitrogens with one attached hydrogen (secondary N) is 1. The number of aromatic nitrogens is 1. The van der Waals surface area contributed by atoms with E-state index in [-0.39, 0.29) is 0 Å².